The summed E-state index contributed by atoms with van der Waals surface area (Å²) >= 11 is 0. The monoisotopic (exact) mass is 290 g/mol. The number of hydrazine groups is 1. The lowest BCUT2D eigenvalue weighted by Crippen LogP contribution is -2.29. The first-order chi connectivity index (χ1) is 10.2. The first kappa shape index (κ1) is 15.3. The van der Waals surface area contributed by atoms with Crippen LogP contribution in [0.1, 0.15) is 17.2 Å². The lowest BCUT2D eigenvalue weighted by molar-refractivity contribution is 0.385. The predicted octanol–water partition coefficient (Wildman–Crippen LogP) is 2.59. The highest BCUT2D eigenvalue weighted by Crippen LogP contribution is 2.27. The molecule has 1 unspecified atom stereocenters. The summed E-state index contributed by atoms with van der Waals surface area (Å²) in [5.41, 5.74) is 4.47. The van der Waals surface area contributed by atoms with Gasteiger partial charge in [0, 0.05) is 0 Å². The molecule has 1 atom stereocenters. The number of nitrogens with one attached hydrogen (secondary N) is 1. The average molecular weight is 290 g/mol. The number of hydrogen-bond donors (Lipinski definition) is 2. The second-order valence-electron chi connectivity index (χ2n) is 4.63. The van der Waals surface area contributed by atoms with Crippen LogP contribution in [0.2, 0.25) is 0 Å². The zero-order chi connectivity index (χ0) is 15.2. The highest BCUT2D eigenvalue weighted by atomic mass is 19.1. The van der Waals surface area contributed by atoms with E-state index in [4.69, 9.17) is 15.3 Å². The molecule has 4 nitrogen and oxygen atoms in total. The maximum Gasteiger partial charge on any atom is 0.165 e. The molecule has 0 spiro atoms. The summed E-state index contributed by atoms with van der Waals surface area (Å²) < 4.78 is 24.1. The number of hydrogen-bond acceptors (Lipinski definition) is 4. The van der Waals surface area contributed by atoms with Crippen LogP contribution >= 0.6 is 0 Å². The molecule has 0 heterocycles. The summed E-state index contributed by atoms with van der Waals surface area (Å²) in [5.74, 6) is 6.21. The van der Waals surface area contributed by atoms with Crippen LogP contribution in [-0.2, 0) is 6.42 Å². The summed E-state index contributed by atoms with van der Waals surface area (Å²) in [6.07, 6.45) is 0.590. The standard InChI is InChI=1S/C16H19FN2O2/c1-20-15-6-4-3-5-12(15)10-14(19-18)11-7-8-16(21-2)13(17)9-11/h3-9,14,19H,10,18H2,1-2H3. The molecule has 0 bridgehead atoms. The molecule has 0 saturated heterocycles. The van der Waals surface area contributed by atoms with Crippen LogP contribution in [0.15, 0.2) is 42.5 Å². The van der Waals surface area contributed by atoms with Gasteiger partial charge >= 0.3 is 0 Å². The van der Waals surface area contributed by atoms with Gasteiger partial charge in [-0.2, -0.15) is 0 Å². The number of benzene rings is 2. The summed E-state index contributed by atoms with van der Waals surface area (Å²) in [5, 5.41) is 0. The van der Waals surface area contributed by atoms with E-state index in [1.807, 2.05) is 24.3 Å². The van der Waals surface area contributed by atoms with Crippen molar-refractivity contribution in [3.8, 4) is 11.5 Å². The molecule has 2 aromatic rings. The van der Waals surface area contributed by atoms with Crippen molar-refractivity contribution in [2.24, 2.45) is 5.84 Å². The minimum absolute atomic E-state index is 0.215. The van der Waals surface area contributed by atoms with Gasteiger partial charge in [0.15, 0.2) is 11.6 Å². The first-order valence-electron chi connectivity index (χ1n) is 6.61. The summed E-state index contributed by atoms with van der Waals surface area (Å²) in [4.78, 5) is 0. The molecule has 2 rings (SSSR count). The van der Waals surface area contributed by atoms with Gasteiger partial charge < -0.3 is 9.47 Å². The Morgan fingerprint density at radius 3 is 2.43 bits per heavy atom. The second kappa shape index (κ2) is 7.06. The van der Waals surface area contributed by atoms with Gasteiger partial charge in [-0.3, -0.25) is 11.3 Å². The Kier molecular flexibility index (Phi) is 5.14. The Morgan fingerprint density at radius 1 is 1.10 bits per heavy atom. The van der Waals surface area contributed by atoms with E-state index >= 15 is 0 Å². The minimum Gasteiger partial charge on any atom is -0.496 e. The van der Waals surface area contributed by atoms with Crippen molar-refractivity contribution in [3.05, 3.63) is 59.4 Å². The van der Waals surface area contributed by atoms with Crippen LogP contribution in [0.5, 0.6) is 11.5 Å². The van der Waals surface area contributed by atoms with Crippen molar-refractivity contribution in [1.29, 1.82) is 0 Å². The number of para-hydroxylation sites is 1. The molecule has 0 aliphatic carbocycles. The van der Waals surface area contributed by atoms with Crippen molar-refractivity contribution in [2.75, 3.05) is 14.2 Å². The molecule has 0 aromatic heterocycles. The van der Waals surface area contributed by atoms with E-state index in [0.717, 1.165) is 16.9 Å². The fraction of sp³-hybridized carbons (Fsp3) is 0.250. The molecule has 21 heavy (non-hydrogen) atoms. The SMILES string of the molecule is COc1ccc(C(Cc2ccccc2OC)NN)cc1F. The van der Waals surface area contributed by atoms with Gasteiger partial charge in [-0.15, -0.1) is 0 Å². The third-order valence-electron chi connectivity index (χ3n) is 3.40. The minimum atomic E-state index is -0.407. The zero-order valence-electron chi connectivity index (χ0n) is 12.1. The van der Waals surface area contributed by atoms with Gasteiger partial charge in [0.2, 0.25) is 0 Å². The van der Waals surface area contributed by atoms with E-state index in [0.29, 0.717) is 6.42 Å². The largest absolute Gasteiger partial charge is 0.496 e. The summed E-state index contributed by atoms with van der Waals surface area (Å²) in [6.45, 7) is 0. The molecule has 0 aliphatic rings. The van der Waals surface area contributed by atoms with Gasteiger partial charge in [-0.05, 0) is 35.7 Å². The van der Waals surface area contributed by atoms with E-state index in [9.17, 15) is 4.39 Å². The van der Waals surface area contributed by atoms with Crippen LogP contribution in [0, 0.1) is 5.82 Å². The first-order valence-corrected chi connectivity index (χ1v) is 6.61. The maximum atomic E-state index is 13.8. The molecule has 0 aliphatic heterocycles. The van der Waals surface area contributed by atoms with Crippen molar-refractivity contribution >= 4 is 0 Å². The molecule has 2 aromatic carbocycles. The molecule has 0 saturated carbocycles. The normalized spacial score (nSPS) is 12.0. The van der Waals surface area contributed by atoms with E-state index in [1.54, 1.807) is 19.2 Å². The smallest absolute Gasteiger partial charge is 0.165 e. The number of nitrogens with two attached hydrogens (primary N) is 1. The molecule has 0 amide bonds. The average Bonchev–Trinajstić information content (AvgIpc) is 2.52. The fourth-order valence-electron chi connectivity index (χ4n) is 2.26. The number of halogens is 1. The van der Waals surface area contributed by atoms with Gasteiger partial charge in [0.25, 0.3) is 0 Å². The Labute approximate surface area is 123 Å². The third kappa shape index (κ3) is 3.51. The van der Waals surface area contributed by atoms with Crippen molar-refractivity contribution < 1.29 is 13.9 Å². The summed E-state index contributed by atoms with van der Waals surface area (Å²) in [7, 11) is 3.06. The molecule has 112 valence electrons. The van der Waals surface area contributed by atoms with E-state index in [2.05, 4.69) is 5.43 Å². The number of methoxy groups -OCH3 is 2. The fourth-order valence-corrected chi connectivity index (χ4v) is 2.26. The second-order valence-corrected chi connectivity index (χ2v) is 4.63. The third-order valence-corrected chi connectivity index (χ3v) is 3.40. The Hall–Kier alpha value is -2.11. The Balaban J connectivity index is 2.25. The molecule has 0 fully saturated rings. The van der Waals surface area contributed by atoms with Gasteiger partial charge in [-0.25, -0.2) is 4.39 Å². The van der Waals surface area contributed by atoms with Crippen LogP contribution in [0.3, 0.4) is 0 Å². The molecular weight excluding hydrogens is 271 g/mol. The number of rotatable bonds is 6. The molecule has 3 N–H and O–H groups in total. The van der Waals surface area contributed by atoms with E-state index in [1.165, 1.54) is 13.2 Å². The highest BCUT2D eigenvalue weighted by molar-refractivity contribution is 5.36. The maximum absolute atomic E-state index is 13.8. The van der Waals surface area contributed by atoms with Gasteiger partial charge in [0.1, 0.15) is 5.75 Å². The quantitative estimate of drug-likeness (QED) is 0.634. The van der Waals surface area contributed by atoms with Crippen molar-refractivity contribution in [2.45, 2.75) is 12.5 Å². The summed E-state index contributed by atoms with van der Waals surface area (Å²) in [6, 6.07) is 12.3. The van der Waals surface area contributed by atoms with E-state index < -0.39 is 5.82 Å². The van der Waals surface area contributed by atoms with Crippen LogP contribution in [-0.4, -0.2) is 14.2 Å². The topological polar surface area (TPSA) is 56.5 Å². The highest BCUT2D eigenvalue weighted by Gasteiger charge is 2.15. The van der Waals surface area contributed by atoms with Crippen molar-refractivity contribution in [1.82, 2.24) is 5.43 Å². The lowest BCUT2D eigenvalue weighted by Gasteiger charge is -2.18. The predicted molar refractivity (Wildman–Crippen MR) is 79.7 cm³/mol. The zero-order valence-corrected chi connectivity index (χ0v) is 12.1. The van der Waals surface area contributed by atoms with Crippen molar-refractivity contribution in [3.63, 3.8) is 0 Å². The van der Waals surface area contributed by atoms with E-state index in [-0.39, 0.29) is 11.8 Å². The van der Waals surface area contributed by atoms with Crippen LogP contribution in [0.4, 0.5) is 4.39 Å². The van der Waals surface area contributed by atoms with Crippen LogP contribution < -0.4 is 20.7 Å². The van der Waals surface area contributed by atoms with Gasteiger partial charge in [-0.1, -0.05) is 24.3 Å². The lowest BCUT2D eigenvalue weighted by atomic mass is 9.98. The van der Waals surface area contributed by atoms with Gasteiger partial charge in [0.05, 0.1) is 20.3 Å². The van der Waals surface area contributed by atoms with Crippen LogP contribution in [0.25, 0.3) is 0 Å². The molecule has 0 radical (unpaired) electrons. The number of ether oxygens (including phenoxy) is 2. The Morgan fingerprint density at radius 2 is 1.81 bits per heavy atom. The Bertz CT molecular complexity index is 605. The molecular formula is C16H19FN2O2. The molecule has 5 heteroatoms.